The summed E-state index contributed by atoms with van der Waals surface area (Å²) >= 11 is 0. The van der Waals surface area contributed by atoms with Crippen LogP contribution in [0.3, 0.4) is 0 Å². The summed E-state index contributed by atoms with van der Waals surface area (Å²) < 4.78 is 0. The number of unbranched alkanes of at least 4 members (excludes halogenated alkanes) is 1. The van der Waals surface area contributed by atoms with Crippen molar-refractivity contribution in [3.05, 3.63) is 65.7 Å². The Hall–Kier alpha value is -3.15. The molecule has 6 nitrogen and oxygen atoms in total. The Morgan fingerprint density at radius 1 is 0.962 bits per heavy atom. The number of amides is 2. The maximum absolute atomic E-state index is 12.5. The van der Waals surface area contributed by atoms with Crippen LogP contribution in [0, 0.1) is 0 Å². The van der Waals surface area contributed by atoms with Gasteiger partial charge in [-0.1, -0.05) is 50.1 Å². The summed E-state index contributed by atoms with van der Waals surface area (Å²) in [5.41, 5.74) is 1.02. The molecular weight excluding hydrogens is 332 g/mol. The third kappa shape index (κ3) is 5.17. The molecule has 1 unspecified atom stereocenters. The zero-order valence-corrected chi connectivity index (χ0v) is 14.6. The van der Waals surface area contributed by atoms with Crippen molar-refractivity contribution in [2.24, 2.45) is 0 Å². The smallest absolute Gasteiger partial charge is 0.326 e. The summed E-state index contributed by atoms with van der Waals surface area (Å²) in [4.78, 5) is 36.2. The number of hydrogen-bond acceptors (Lipinski definition) is 3. The number of carboxylic acid groups (broad SMARTS) is 1. The number of carbonyl (C=O) groups excluding carboxylic acids is 2. The van der Waals surface area contributed by atoms with Gasteiger partial charge in [-0.2, -0.15) is 0 Å². The predicted octanol–water partition coefficient (Wildman–Crippen LogP) is 3.31. The number of nitrogens with one attached hydrogen (secondary N) is 2. The van der Waals surface area contributed by atoms with E-state index in [-0.39, 0.29) is 11.5 Å². The number of aliphatic carboxylic acids is 1. The van der Waals surface area contributed by atoms with Gasteiger partial charge < -0.3 is 15.7 Å². The standard InChI is InChI=1S/C20H22N2O4/c1-2-3-12-17(20(25)26)22-19(24)15-11-7-8-13-16(15)21-18(23)14-9-5-4-6-10-14/h4-11,13,17H,2-3,12H2,1H3,(H,21,23)(H,22,24)(H,25,26). The van der Waals surface area contributed by atoms with Gasteiger partial charge in [0.25, 0.3) is 11.8 Å². The van der Waals surface area contributed by atoms with E-state index in [4.69, 9.17) is 0 Å². The van der Waals surface area contributed by atoms with Crippen LogP contribution in [0.2, 0.25) is 0 Å². The molecule has 0 aliphatic heterocycles. The summed E-state index contributed by atoms with van der Waals surface area (Å²) in [6.45, 7) is 1.95. The van der Waals surface area contributed by atoms with Crippen LogP contribution in [0.15, 0.2) is 54.6 Å². The lowest BCUT2D eigenvalue weighted by Gasteiger charge is -2.16. The first kappa shape index (κ1) is 19.2. The molecule has 26 heavy (non-hydrogen) atoms. The minimum atomic E-state index is -1.07. The second kappa shape index (κ2) is 9.36. The summed E-state index contributed by atoms with van der Waals surface area (Å²) in [5.74, 6) is -1.94. The van der Waals surface area contributed by atoms with Crippen LogP contribution >= 0.6 is 0 Å². The van der Waals surface area contributed by atoms with Crippen molar-refractivity contribution in [1.29, 1.82) is 0 Å². The fraction of sp³-hybridized carbons (Fsp3) is 0.250. The maximum atomic E-state index is 12.5. The number of rotatable bonds is 8. The average molecular weight is 354 g/mol. The van der Waals surface area contributed by atoms with Crippen molar-refractivity contribution in [1.82, 2.24) is 5.32 Å². The molecule has 2 rings (SSSR count). The monoisotopic (exact) mass is 354 g/mol. The van der Waals surface area contributed by atoms with E-state index in [1.807, 2.05) is 6.92 Å². The van der Waals surface area contributed by atoms with E-state index < -0.39 is 17.9 Å². The SMILES string of the molecule is CCCCC(NC(=O)c1ccccc1NC(=O)c1ccccc1)C(=O)O. The van der Waals surface area contributed by atoms with Gasteiger partial charge >= 0.3 is 5.97 Å². The Balaban J connectivity index is 2.15. The molecule has 0 heterocycles. The maximum Gasteiger partial charge on any atom is 0.326 e. The zero-order chi connectivity index (χ0) is 18.9. The van der Waals surface area contributed by atoms with Crippen LogP contribution in [0.1, 0.15) is 46.9 Å². The van der Waals surface area contributed by atoms with Crippen molar-refractivity contribution in [3.63, 3.8) is 0 Å². The Bertz CT molecular complexity index is 774. The number of carboxylic acids is 1. The highest BCUT2D eigenvalue weighted by atomic mass is 16.4. The minimum Gasteiger partial charge on any atom is -0.480 e. The van der Waals surface area contributed by atoms with E-state index in [1.54, 1.807) is 54.6 Å². The molecule has 0 saturated carbocycles. The summed E-state index contributed by atoms with van der Waals surface area (Å²) in [6, 6.07) is 14.2. The van der Waals surface area contributed by atoms with E-state index in [9.17, 15) is 19.5 Å². The highest BCUT2D eigenvalue weighted by Gasteiger charge is 2.22. The molecule has 0 aliphatic carbocycles. The number of para-hydroxylation sites is 1. The van der Waals surface area contributed by atoms with Crippen LogP contribution in [-0.4, -0.2) is 28.9 Å². The van der Waals surface area contributed by atoms with Crippen LogP contribution < -0.4 is 10.6 Å². The summed E-state index contributed by atoms with van der Waals surface area (Å²) in [7, 11) is 0. The largest absolute Gasteiger partial charge is 0.480 e. The van der Waals surface area contributed by atoms with E-state index >= 15 is 0 Å². The Kier molecular flexibility index (Phi) is 6.91. The van der Waals surface area contributed by atoms with Crippen LogP contribution in [0.25, 0.3) is 0 Å². The highest BCUT2D eigenvalue weighted by molar-refractivity contribution is 6.09. The van der Waals surface area contributed by atoms with Crippen molar-refractivity contribution in [2.75, 3.05) is 5.32 Å². The molecule has 2 aromatic carbocycles. The molecule has 1 atom stereocenters. The van der Waals surface area contributed by atoms with E-state index in [0.717, 1.165) is 6.42 Å². The van der Waals surface area contributed by atoms with Gasteiger partial charge in [-0.25, -0.2) is 4.79 Å². The first-order valence-corrected chi connectivity index (χ1v) is 8.52. The van der Waals surface area contributed by atoms with Crippen LogP contribution in [0.5, 0.6) is 0 Å². The van der Waals surface area contributed by atoms with Gasteiger partial charge in [0, 0.05) is 5.56 Å². The molecule has 6 heteroatoms. The van der Waals surface area contributed by atoms with Crippen LogP contribution in [0.4, 0.5) is 5.69 Å². The van der Waals surface area contributed by atoms with Gasteiger partial charge in [0.1, 0.15) is 6.04 Å². The van der Waals surface area contributed by atoms with Gasteiger partial charge in [0.15, 0.2) is 0 Å². The Morgan fingerprint density at radius 3 is 2.27 bits per heavy atom. The minimum absolute atomic E-state index is 0.222. The lowest BCUT2D eigenvalue weighted by atomic mass is 10.1. The molecule has 0 saturated heterocycles. The molecule has 0 aromatic heterocycles. The van der Waals surface area contributed by atoms with Crippen molar-refractivity contribution >= 4 is 23.5 Å². The Labute approximate surface area is 152 Å². The zero-order valence-electron chi connectivity index (χ0n) is 14.6. The van der Waals surface area contributed by atoms with Gasteiger partial charge in [-0.05, 0) is 30.7 Å². The van der Waals surface area contributed by atoms with Crippen LogP contribution in [-0.2, 0) is 4.79 Å². The number of anilines is 1. The van der Waals surface area contributed by atoms with Crippen molar-refractivity contribution in [2.45, 2.75) is 32.2 Å². The molecular formula is C20H22N2O4. The molecule has 0 fully saturated rings. The topological polar surface area (TPSA) is 95.5 Å². The summed E-state index contributed by atoms with van der Waals surface area (Å²) in [6.07, 6.45) is 1.89. The summed E-state index contributed by atoms with van der Waals surface area (Å²) in [5, 5.41) is 14.5. The third-order valence-corrected chi connectivity index (χ3v) is 3.91. The molecule has 0 bridgehead atoms. The normalized spacial score (nSPS) is 11.4. The van der Waals surface area contributed by atoms with Gasteiger partial charge in [0.2, 0.25) is 0 Å². The number of benzene rings is 2. The average Bonchev–Trinajstić information content (AvgIpc) is 2.65. The molecule has 0 aliphatic rings. The van der Waals surface area contributed by atoms with E-state index in [2.05, 4.69) is 10.6 Å². The fourth-order valence-corrected chi connectivity index (χ4v) is 2.48. The molecule has 2 aromatic rings. The Morgan fingerprint density at radius 2 is 1.62 bits per heavy atom. The first-order valence-electron chi connectivity index (χ1n) is 8.52. The second-order valence-corrected chi connectivity index (χ2v) is 5.87. The lowest BCUT2D eigenvalue weighted by molar-refractivity contribution is -0.139. The molecule has 3 N–H and O–H groups in total. The van der Waals surface area contributed by atoms with Gasteiger partial charge in [0.05, 0.1) is 11.3 Å². The molecule has 0 radical (unpaired) electrons. The van der Waals surface area contributed by atoms with Crippen molar-refractivity contribution < 1.29 is 19.5 Å². The lowest BCUT2D eigenvalue weighted by Crippen LogP contribution is -2.41. The van der Waals surface area contributed by atoms with E-state index in [0.29, 0.717) is 24.1 Å². The molecule has 2 amide bonds. The molecule has 0 spiro atoms. The first-order chi connectivity index (χ1) is 12.5. The predicted molar refractivity (Wildman–Crippen MR) is 99.3 cm³/mol. The molecule has 136 valence electrons. The van der Waals surface area contributed by atoms with Gasteiger partial charge in [-0.3, -0.25) is 9.59 Å². The third-order valence-electron chi connectivity index (χ3n) is 3.91. The van der Waals surface area contributed by atoms with Crippen molar-refractivity contribution in [3.8, 4) is 0 Å². The number of carbonyl (C=O) groups is 3. The quantitative estimate of drug-likeness (QED) is 0.678. The van der Waals surface area contributed by atoms with Gasteiger partial charge in [-0.15, -0.1) is 0 Å². The highest BCUT2D eigenvalue weighted by Crippen LogP contribution is 2.17. The van der Waals surface area contributed by atoms with E-state index in [1.165, 1.54) is 0 Å². The fourth-order valence-electron chi connectivity index (χ4n) is 2.48. The second-order valence-electron chi connectivity index (χ2n) is 5.87. The number of hydrogen-bond donors (Lipinski definition) is 3.